The molecule has 35 heavy (non-hydrogen) atoms. The fraction of sp³-hybridized carbons (Fsp3) is 0.909. The number of aliphatic carboxylic acids is 1. The van der Waals surface area contributed by atoms with Crippen LogP contribution < -0.4 is 0 Å². The Hall–Kier alpha value is -0.790. The van der Waals surface area contributed by atoms with E-state index in [1.807, 2.05) is 12.5 Å². The van der Waals surface area contributed by atoms with Crippen molar-refractivity contribution in [1.29, 1.82) is 0 Å². The van der Waals surface area contributed by atoms with Crippen LogP contribution in [0.3, 0.4) is 0 Å². The fourth-order valence-electron chi connectivity index (χ4n) is 7.90. The molecule has 0 saturated heterocycles. The predicted octanol–water partition coefficient (Wildman–Crippen LogP) is 10.2. The summed E-state index contributed by atoms with van der Waals surface area (Å²) in [7, 11) is 0. The number of allylic oxidation sites excluding steroid dienone is 2. The minimum atomic E-state index is -0.706. The summed E-state index contributed by atoms with van der Waals surface area (Å²) in [6.45, 7) is 21.2. The van der Waals surface area contributed by atoms with Gasteiger partial charge in [-0.2, -0.15) is 0 Å². The molecule has 0 aromatic rings. The van der Waals surface area contributed by atoms with E-state index in [0.717, 1.165) is 41.9 Å². The molecule has 0 spiro atoms. The van der Waals surface area contributed by atoms with E-state index in [2.05, 4.69) is 54.5 Å². The number of fused-ring (bicyclic) bond motifs is 1. The van der Waals surface area contributed by atoms with Crippen LogP contribution in [0, 0.1) is 52.3 Å². The van der Waals surface area contributed by atoms with Gasteiger partial charge in [0.2, 0.25) is 0 Å². The van der Waals surface area contributed by atoms with Gasteiger partial charge in [-0.25, -0.2) is 0 Å². The molecule has 0 aromatic heterocycles. The molecule has 0 heterocycles. The SMILES string of the molecule is CCC(C)C(=O)O.CC[C@]1(C)[C@@H]([C@H](C)CC[C@@H](C)C(C)C)CC[C@H]1[C@@H]1CC=C2CCCC[C@]2(C)C1. The van der Waals surface area contributed by atoms with Gasteiger partial charge < -0.3 is 5.11 Å². The summed E-state index contributed by atoms with van der Waals surface area (Å²) in [5, 5.41) is 8.18. The lowest BCUT2D eigenvalue weighted by Gasteiger charge is -2.48. The number of carboxylic acid groups (broad SMARTS) is 1. The quantitative estimate of drug-likeness (QED) is 0.328. The first kappa shape index (κ1) is 30.4. The largest absolute Gasteiger partial charge is 0.481 e. The summed E-state index contributed by atoms with van der Waals surface area (Å²) in [4.78, 5) is 9.93. The van der Waals surface area contributed by atoms with Crippen molar-refractivity contribution in [2.75, 3.05) is 0 Å². The van der Waals surface area contributed by atoms with Crippen molar-refractivity contribution in [1.82, 2.24) is 0 Å². The molecule has 0 aromatic carbocycles. The van der Waals surface area contributed by atoms with Crippen LogP contribution in [0.25, 0.3) is 0 Å². The number of hydrogen-bond acceptors (Lipinski definition) is 1. The lowest BCUT2D eigenvalue weighted by Crippen LogP contribution is -2.39. The molecular weight excluding hydrogens is 428 g/mol. The number of carboxylic acids is 1. The Kier molecular flexibility index (Phi) is 11.4. The van der Waals surface area contributed by atoms with Gasteiger partial charge in [0, 0.05) is 0 Å². The molecule has 204 valence electrons. The van der Waals surface area contributed by atoms with E-state index in [9.17, 15) is 4.79 Å². The number of hydrogen-bond donors (Lipinski definition) is 1. The summed E-state index contributed by atoms with van der Waals surface area (Å²) in [5.74, 6) is 4.58. The monoisotopic (exact) mass is 488 g/mol. The third-order valence-corrected chi connectivity index (χ3v) is 11.3. The Morgan fingerprint density at radius 1 is 1.06 bits per heavy atom. The lowest BCUT2D eigenvalue weighted by atomic mass is 9.57. The second kappa shape index (κ2) is 13.1. The van der Waals surface area contributed by atoms with Crippen molar-refractivity contribution in [3.05, 3.63) is 11.6 Å². The molecule has 8 atom stereocenters. The maximum Gasteiger partial charge on any atom is 0.306 e. The van der Waals surface area contributed by atoms with Crippen molar-refractivity contribution >= 4 is 5.97 Å². The molecule has 0 aliphatic heterocycles. The minimum absolute atomic E-state index is 0.181. The highest BCUT2D eigenvalue weighted by Crippen LogP contribution is 2.60. The van der Waals surface area contributed by atoms with E-state index in [0.29, 0.717) is 10.8 Å². The molecule has 3 rings (SSSR count). The highest BCUT2D eigenvalue weighted by molar-refractivity contribution is 5.69. The maximum atomic E-state index is 9.93. The molecule has 2 heteroatoms. The first-order valence-corrected chi connectivity index (χ1v) is 15.3. The number of rotatable bonds is 9. The van der Waals surface area contributed by atoms with Crippen molar-refractivity contribution in [2.45, 2.75) is 139 Å². The van der Waals surface area contributed by atoms with Gasteiger partial charge in [-0.1, -0.05) is 99.6 Å². The van der Waals surface area contributed by atoms with Crippen LogP contribution in [0.2, 0.25) is 0 Å². The summed E-state index contributed by atoms with van der Waals surface area (Å²) >= 11 is 0. The van der Waals surface area contributed by atoms with Gasteiger partial charge >= 0.3 is 5.97 Å². The van der Waals surface area contributed by atoms with Crippen molar-refractivity contribution in [2.24, 2.45) is 52.3 Å². The average molecular weight is 489 g/mol. The molecule has 3 aliphatic carbocycles. The molecule has 0 bridgehead atoms. The Labute approximate surface area is 219 Å². The predicted molar refractivity (Wildman–Crippen MR) is 151 cm³/mol. The van der Waals surface area contributed by atoms with Crippen LogP contribution in [0.4, 0.5) is 0 Å². The average Bonchev–Trinajstić information content (AvgIpc) is 3.18. The minimum Gasteiger partial charge on any atom is -0.481 e. The summed E-state index contributed by atoms with van der Waals surface area (Å²) in [6, 6.07) is 0. The molecular formula is C33H60O2. The zero-order valence-corrected chi connectivity index (χ0v) is 25.0. The van der Waals surface area contributed by atoms with Crippen LogP contribution in [0.5, 0.6) is 0 Å². The van der Waals surface area contributed by atoms with Crippen LogP contribution in [-0.4, -0.2) is 11.1 Å². The number of carbonyl (C=O) groups is 1. The molecule has 1 unspecified atom stereocenters. The highest BCUT2D eigenvalue weighted by Gasteiger charge is 2.51. The van der Waals surface area contributed by atoms with E-state index in [1.165, 1.54) is 70.6 Å². The Morgan fingerprint density at radius 3 is 2.29 bits per heavy atom. The molecule has 1 N–H and O–H groups in total. The van der Waals surface area contributed by atoms with Crippen LogP contribution in [0.1, 0.15) is 139 Å². The molecule has 0 radical (unpaired) electrons. The summed E-state index contributed by atoms with van der Waals surface area (Å²) in [6.07, 6.45) is 19.3. The second-order valence-corrected chi connectivity index (χ2v) is 13.8. The Morgan fingerprint density at radius 2 is 1.74 bits per heavy atom. The normalized spacial score (nSPS) is 35.4. The second-order valence-electron chi connectivity index (χ2n) is 13.8. The zero-order valence-electron chi connectivity index (χ0n) is 25.0. The maximum absolute atomic E-state index is 9.93. The third-order valence-electron chi connectivity index (χ3n) is 11.3. The topological polar surface area (TPSA) is 37.3 Å². The van der Waals surface area contributed by atoms with Crippen LogP contribution >= 0.6 is 0 Å². The van der Waals surface area contributed by atoms with Gasteiger partial charge in [0.1, 0.15) is 0 Å². The van der Waals surface area contributed by atoms with Gasteiger partial charge in [-0.15, -0.1) is 0 Å². The standard InChI is InChI=1S/C28H50.C5H10O2/c1-8-28(7)25(22(5)13-12-21(4)20(2)3)16-17-26(28)23-14-15-24-11-9-10-18-27(24,6)19-23;1-3-4(2)5(6)7/h15,20-23,25-26H,8-14,16-19H2,1-7H3;4H,3H2,1-2H3,(H,6,7)/t21-,22-,23-,25-,26+,27-,28-;/m1./s1. The van der Waals surface area contributed by atoms with Crippen molar-refractivity contribution in [3.8, 4) is 0 Å². The Balaban J connectivity index is 0.000000540. The molecule has 2 nitrogen and oxygen atoms in total. The van der Waals surface area contributed by atoms with E-state index in [-0.39, 0.29) is 5.92 Å². The van der Waals surface area contributed by atoms with Crippen LogP contribution in [0.15, 0.2) is 11.6 Å². The first-order chi connectivity index (χ1) is 16.4. The van der Waals surface area contributed by atoms with E-state index < -0.39 is 5.97 Å². The van der Waals surface area contributed by atoms with Gasteiger partial charge in [0.05, 0.1) is 5.92 Å². The smallest absolute Gasteiger partial charge is 0.306 e. The van der Waals surface area contributed by atoms with Gasteiger partial charge in [-0.3, -0.25) is 4.79 Å². The van der Waals surface area contributed by atoms with Crippen molar-refractivity contribution < 1.29 is 9.90 Å². The highest BCUT2D eigenvalue weighted by atomic mass is 16.4. The molecule has 0 amide bonds. The molecule has 3 aliphatic rings. The molecule has 2 fully saturated rings. The summed E-state index contributed by atoms with van der Waals surface area (Å²) < 4.78 is 0. The lowest BCUT2D eigenvalue weighted by molar-refractivity contribution is -0.141. The first-order valence-electron chi connectivity index (χ1n) is 15.3. The Bertz CT molecular complexity index is 693. The summed E-state index contributed by atoms with van der Waals surface area (Å²) in [5.41, 5.74) is 2.95. The van der Waals surface area contributed by atoms with E-state index in [1.54, 1.807) is 6.92 Å². The van der Waals surface area contributed by atoms with Crippen LogP contribution in [-0.2, 0) is 4.79 Å². The van der Waals surface area contributed by atoms with Gasteiger partial charge in [-0.05, 0) is 97.7 Å². The van der Waals surface area contributed by atoms with E-state index in [4.69, 9.17) is 5.11 Å². The third kappa shape index (κ3) is 7.38. The van der Waals surface area contributed by atoms with Crippen molar-refractivity contribution in [3.63, 3.8) is 0 Å². The molecule has 2 saturated carbocycles. The fourth-order valence-corrected chi connectivity index (χ4v) is 7.90. The zero-order chi connectivity index (χ0) is 26.4. The van der Waals surface area contributed by atoms with E-state index >= 15 is 0 Å². The van der Waals surface area contributed by atoms with Gasteiger partial charge in [0.15, 0.2) is 0 Å². The van der Waals surface area contributed by atoms with Gasteiger partial charge in [0.25, 0.3) is 0 Å².